The molecule has 1 nitrogen and oxygen atoms in total. The lowest BCUT2D eigenvalue weighted by Gasteiger charge is -2.41. The van der Waals surface area contributed by atoms with E-state index >= 15 is 0 Å². The van der Waals surface area contributed by atoms with Crippen LogP contribution in [0.1, 0.15) is 37.7 Å². The van der Waals surface area contributed by atoms with Crippen LogP contribution in [0.3, 0.4) is 0 Å². The summed E-state index contributed by atoms with van der Waals surface area (Å²) < 4.78 is 0.501. The fraction of sp³-hybridized carbons (Fsp3) is 0.571. The standard InChI is InChI=1S/C14H19NS/c1-11-5-6-13-12(9-11)15-10-14(16-13)7-3-2-4-8-14/h5-6,9,15H,2-4,7-8,10H2,1H3. The van der Waals surface area contributed by atoms with E-state index in [0.717, 1.165) is 6.54 Å². The molecule has 86 valence electrons. The molecule has 0 bridgehead atoms. The first-order valence-corrected chi connectivity index (χ1v) is 7.13. The number of anilines is 1. The molecule has 0 radical (unpaired) electrons. The average Bonchev–Trinajstić information content (AvgIpc) is 2.31. The molecule has 1 aliphatic heterocycles. The largest absolute Gasteiger partial charge is 0.383 e. The number of fused-ring (bicyclic) bond motifs is 1. The first-order valence-electron chi connectivity index (χ1n) is 6.31. The Balaban J connectivity index is 1.88. The van der Waals surface area contributed by atoms with Gasteiger partial charge in [0.25, 0.3) is 0 Å². The van der Waals surface area contributed by atoms with Gasteiger partial charge in [-0.15, -0.1) is 11.8 Å². The van der Waals surface area contributed by atoms with Crippen molar-refractivity contribution in [3.63, 3.8) is 0 Å². The topological polar surface area (TPSA) is 12.0 Å². The monoisotopic (exact) mass is 233 g/mol. The van der Waals surface area contributed by atoms with Crippen molar-refractivity contribution >= 4 is 17.4 Å². The number of hydrogen-bond acceptors (Lipinski definition) is 2. The van der Waals surface area contributed by atoms with Crippen molar-refractivity contribution in [3.05, 3.63) is 23.8 Å². The summed E-state index contributed by atoms with van der Waals surface area (Å²) in [6, 6.07) is 6.80. The van der Waals surface area contributed by atoms with Crippen LogP contribution in [-0.4, -0.2) is 11.3 Å². The van der Waals surface area contributed by atoms with Gasteiger partial charge in [-0.1, -0.05) is 25.3 Å². The normalized spacial score (nSPS) is 22.6. The molecule has 1 aliphatic carbocycles. The molecule has 1 N–H and O–H groups in total. The van der Waals surface area contributed by atoms with E-state index < -0.39 is 0 Å². The second kappa shape index (κ2) is 3.99. The molecular weight excluding hydrogens is 214 g/mol. The molecule has 1 spiro atoms. The number of nitrogens with one attached hydrogen (secondary N) is 1. The van der Waals surface area contributed by atoms with Gasteiger partial charge in [0, 0.05) is 21.9 Å². The minimum atomic E-state index is 0.501. The molecule has 1 aromatic carbocycles. The third-order valence-corrected chi connectivity index (χ3v) is 5.39. The molecule has 2 heteroatoms. The van der Waals surface area contributed by atoms with Gasteiger partial charge in [-0.25, -0.2) is 0 Å². The molecule has 16 heavy (non-hydrogen) atoms. The quantitative estimate of drug-likeness (QED) is 0.720. The third-order valence-electron chi connectivity index (χ3n) is 3.83. The fourth-order valence-corrected chi connectivity index (χ4v) is 4.35. The van der Waals surface area contributed by atoms with E-state index in [9.17, 15) is 0 Å². The average molecular weight is 233 g/mol. The van der Waals surface area contributed by atoms with Crippen LogP contribution in [0.25, 0.3) is 0 Å². The third kappa shape index (κ3) is 1.84. The van der Waals surface area contributed by atoms with Crippen molar-refractivity contribution in [3.8, 4) is 0 Å². The molecule has 2 aliphatic rings. The highest BCUT2D eigenvalue weighted by Crippen LogP contribution is 2.49. The van der Waals surface area contributed by atoms with Gasteiger partial charge in [0.05, 0.1) is 0 Å². The van der Waals surface area contributed by atoms with Gasteiger partial charge in [-0.05, 0) is 37.5 Å². The zero-order valence-corrected chi connectivity index (χ0v) is 10.7. The van der Waals surface area contributed by atoms with Crippen LogP contribution in [0.2, 0.25) is 0 Å². The smallest absolute Gasteiger partial charge is 0.0481 e. The number of aryl methyl sites for hydroxylation is 1. The van der Waals surface area contributed by atoms with Crippen molar-refractivity contribution in [1.29, 1.82) is 0 Å². The van der Waals surface area contributed by atoms with E-state index in [-0.39, 0.29) is 0 Å². The van der Waals surface area contributed by atoms with E-state index in [1.165, 1.54) is 48.3 Å². The van der Waals surface area contributed by atoms with Gasteiger partial charge in [-0.2, -0.15) is 0 Å². The van der Waals surface area contributed by atoms with Crippen LogP contribution in [0, 0.1) is 6.92 Å². The molecule has 0 saturated heterocycles. The van der Waals surface area contributed by atoms with Crippen LogP contribution in [0.5, 0.6) is 0 Å². The molecule has 0 atom stereocenters. The van der Waals surface area contributed by atoms with Gasteiger partial charge in [-0.3, -0.25) is 0 Å². The Labute approximate surface area is 102 Å². The number of hydrogen-bond donors (Lipinski definition) is 1. The maximum Gasteiger partial charge on any atom is 0.0481 e. The predicted octanol–water partition coefficient (Wildman–Crippen LogP) is 4.22. The Morgan fingerprint density at radius 3 is 2.81 bits per heavy atom. The lowest BCUT2D eigenvalue weighted by Crippen LogP contribution is -2.38. The van der Waals surface area contributed by atoms with Crippen molar-refractivity contribution in [1.82, 2.24) is 0 Å². The first kappa shape index (κ1) is 10.5. The van der Waals surface area contributed by atoms with Crippen LogP contribution >= 0.6 is 11.8 Å². The highest BCUT2D eigenvalue weighted by atomic mass is 32.2. The molecule has 1 aromatic rings. The van der Waals surface area contributed by atoms with Gasteiger partial charge in [0.1, 0.15) is 0 Å². The maximum atomic E-state index is 3.64. The minimum Gasteiger partial charge on any atom is -0.383 e. The van der Waals surface area contributed by atoms with Crippen molar-refractivity contribution in [2.45, 2.75) is 48.7 Å². The van der Waals surface area contributed by atoms with Gasteiger partial charge in [0.2, 0.25) is 0 Å². The highest BCUT2D eigenvalue weighted by molar-refractivity contribution is 8.01. The van der Waals surface area contributed by atoms with Crippen molar-refractivity contribution in [2.24, 2.45) is 0 Å². The molecule has 0 amide bonds. The molecular formula is C14H19NS. The second-order valence-corrected chi connectivity index (χ2v) is 6.71. The van der Waals surface area contributed by atoms with Crippen LogP contribution < -0.4 is 5.32 Å². The summed E-state index contributed by atoms with van der Waals surface area (Å²) >= 11 is 2.13. The molecule has 3 rings (SSSR count). The van der Waals surface area contributed by atoms with Crippen molar-refractivity contribution in [2.75, 3.05) is 11.9 Å². The summed E-state index contributed by atoms with van der Waals surface area (Å²) in [5, 5.41) is 3.64. The van der Waals surface area contributed by atoms with Crippen molar-refractivity contribution < 1.29 is 0 Å². The number of thioether (sulfide) groups is 1. The summed E-state index contributed by atoms with van der Waals surface area (Å²) in [5.74, 6) is 0. The molecule has 1 saturated carbocycles. The van der Waals surface area contributed by atoms with E-state index in [2.05, 4.69) is 42.2 Å². The zero-order valence-electron chi connectivity index (χ0n) is 9.88. The van der Waals surface area contributed by atoms with Crippen LogP contribution in [0.4, 0.5) is 5.69 Å². The summed E-state index contributed by atoms with van der Waals surface area (Å²) in [7, 11) is 0. The Morgan fingerprint density at radius 1 is 1.19 bits per heavy atom. The Kier molecular flexibility index (Phi) is 2.62. The fourth-order valence-electron chi connectivity index (χ4n) is 2.87. The number of rotatable bonds is 0. The highest BCUT2D eigenvalue weighted by Gasteiger charge is 2.36. The lowest BCUT2D eigenvalue weighted by molar-refractivity contribution is 0.408. The van der Waals surface area contributed by atoms with Gasteiger partial charge in [0.15, 0.2) is 0 Å². The zero-order chi connectivity index (χ0) is 11.0. The van der Waals surface area contributed by atoms with E-state index in [0.29, 0.717) is 4.75 Å². The molecule has 1 fully saturated rings. The first-order chi connectivity index (χ1) is 7.77. The minimum absolute atomic E-state index is 0.501. The Hall–Kier alpha value is -0.630. The number of benzene rings is 1. The summed E-state index contributed by atoms with van der Waals surface area (Å²) in [6.45, 7) is 3.33. The summed E-state index contributed by atoms with van der Waals surface area (Å²) in [6.07, 6.45) is 7.03. The maximum absolute atomic E-state index is 3.64. The van der Waals surface area contributed by atoms with E-state index in [4.69, 9.17) is 0 Å². The lowest BCUT2D eigenvalue weighted by atomic mass is 9.88. The molecule has 0 unspecified atom stereocenters. The van der Waals surface area contributed by atoms with Gasteiger partial charge < -0.3 is 5.32 Å². The molecule has 0 aromatic heterocycles. The predicted molar refractivity (Wildman–Crippen MR) is 71.3 cm³/mol. The van der Waals surface area contributed by atoms with E-state index in [1.54, 1.807) is 0 Å². The summed E-state index contributed by atoms with van der Waals surface area (Å²) in [4.78, 5) is 1.46. The van der Waals surface area contributed by atoms with Gasteiger partial charge >= 0.3 is 0 Å². The van der Waals surface area contributed by atoms with Crippen LogP contribution in [0.15, 0.2) is 23.1 Å². The Morgan fingerprint density at radius 2 is 2.00 bits per heavy atom. The van der Waals surface area contributed by atoms with E-state index in [1.807, 2.05) is 0 Å². The SMILES string of the molecule is Cc1ccc2c(c1)NCC1(CCCCC1)S2. The summed E-state index contributed by atoms with van der Waals surface area (Å²) in [5.41, 5.74) is 2.70. The van der Waals surface area contributed by atoms with Crippen LogP contribution in [-0.2, 0) is 0 Å². The second-order valence-electron chi connectivity index (χ2n) is 5.20. The Bertz CT molecular complexity index is 394. The molecule has 1 heterocycles.